The van der Waals surface area contributed by atoms with Crippen molar-refractivity contribution in [1.29, 1.82) is 0 Å². The molecule has 1 heterocycles. The maximum Gasteiger partial charge on any atom is 0.0601 e. The Bertz CT molecular complexity index is 198. The molecule has 1 aliphatic rings. The fraction of sp³-hybridized carbons (Fsp3) is 1.00. The third kappa shape index (κ3) is 3.44. The van der Waals surface area contributed by atoms with Crippen molar-refractivity contribution in [3.8, 4) is 0 Å². The van der Waals surface area contributed by atoms with Crippen LogP contribution < -0.4 is 5.73 Å². The van der Waals surface area contributed by atoms with E-state index < -0.39 is 0 Å². The number of likely N-dealkylation sites (tertiary alicyclic amines) is 1. The molecule has 0 aromatic carbocycles. The molecule has 3 N–H and O–H groups in total. The minimum absolute atomic E-state index is 0.121. The zero-order chi connectivity index (χ0) is 12.1. The van der Waals surface area contributed by atoms with Crippen molar-refractivity contribution in [3.05, 3.63) is 0 Å². The topological polar surface area (TPSA) is 49.5 Å². The number of rotatable bonds is 5. The molecule has 16 heavy (non-hydrogen) atoms. The molecule has 0 saturated carbocycles. The predicted octanol–water partition coefficient (Wildman–Crippen LogP) is 1.45. The van der Waals surface area contributed by atoms with Gasteiger partial charge < -0.3 is 10.8 Å². The first-order valence-corrected chi connectivity index (χ1v) is 6.70. The molecule has 3 heteroatoms. The first-order chi connectivity index (χ1) is 7.60. The fourth-order valence-corrected chi connectivity index (χ4v) is 2.64. The van der Waals surface area contributed by atoms with Gasteiger partial charge in [0.2, 0.25) is 0 Å². The lowest BCUT2D eigenvalue weighted by molar-refractivity contribution is 0.0481. The van der Waals surface area contributed by atoms with Crippen molar-refractivity contribution in [2.24, 2.45) is 17.6 Å². The van der Waals surface area contributed by atoms with Crippen molar-refractivity contribution in [3.63, 3.8) is 0 Å². The van der Waals surface area contributed by atoms with Gasteiger partial charge in [-0.25, -0.2) is 0 Å². The Morgan fingerprint density at radius 3 is 2.56 bits per heavy atom. The molecule has 1 fully saturated rings. The van der Waals surface area contributed by atoms with E-state index in [4.69, 9.17) is 5.73 Å². The summed E-state index contributed by atoms with van der Waals surface area (Å²) in [5, 5.41) is 9.51. The van der Waals surface area contributed by atoms with Gasteiger partial charge in [-0.15, -0.1) is 0 Å². The van der Waals surface area contributed by atoms with Crippen LogP contribution in [0.3, 0.4) is 0 Å². The van der Waals surface area contributed by atoms with Crippen LogP contribution in [0.1, 0.15) is 40.0 Å². The molecule has 0 amide bonds. The van der Waals surface area contributed by atoms with E-state index in [0.717, 1.165) is 37.8 Å². The van der Waals surface area contributed by atoms with E-state index in [1.54, 1.807) is 0 Å². The number of hydrogen-bond acceptors (Lipinski definition) is 3. The molecule has 0 aromatic rings. The number of aliphatic hydroxyl groups is 1. The van der Waals surface area contributed by atoms with Crippen molar-refractivity contribution in [1.82, 2.24) is 4.90 Å². The molecule has 1 saturated heterocycles. The van der Waals surface area contributed by atoms with Crippen LogP contribution in [0.2, 0.25) is 0 Å². The van der Waals surface area contributed by atoms with Gasteiger partial charge >= 0.3 is 0 Å². The Balaban J connectivity index is 2.53. The molecule has 1 aliphatic heterocycles. The summed E-state index contributed by atoms with van der Waals surface area (Å²) in [5.41, 5.74) is 6.15. The van der Waals surface area contributed by atoms with Crippen LogP contribution in [0.5, 0.6) is 0 Å². The SMILES string of the molecule is CCCC(N)C(CO)N1CCC(C)C(C)C1. The Morgan fingerprint density at radius 1 is 1.38 bits per heavy atom. The molecule has 96 valence electrons. The molecule has 4 atom stereocenters. The average molecular weight is 228 g/mol. The van der Waals surface area contributed by atoms with Gasteiger partial charge in [0.05, 0.1) is 6.61 Å². The van der Waals surface area contributed by atoms with E-state index >= 15 is 0 Å². The smallest absolute Gasteiger partial charge is 0.0601 e. The lowest BCUT2D eigenvalue weighted by atomic mass is 9.87. The van der Waals surface area contributed by atoms with E-state index in [0.29, 0.717) is 0 Å². The summed E-state index contributed by atoms with van der Waals surface area (Å²) in [4.78, 5) is 2.39. The highest BCUT2D eigenvalue weighted by molar-refractivity contribution is 4.86. The molecular weight excluding hydrogens is 200 g/mol. The van der Waals surface area contributed by atoms with Gasteiger partial charge in [0.15, 0.2) is 0 Å². The normalized spacial score (nSPS) is 31.3. The zero-order valence-electron chi connectivity index (χ0n) is 11.0. The molecule has 0 spiro atoms. The molecule has 3 nitrogen and oxygen atoms in total. The summed E-state index contributed by atoms with van der Waals surface area (Å²) >= 11 is 0. The Morgan fingerprint density at radius 2 is 2.06 bits per heavy atom. The molecule has 0 aromatic heterocycles. The van der Waals surface area contributed by atoms with Crippen LogP contribution in [-0.2, 0) is 0 Å². The largest absolute Gasteiger partial charge is 0.395 e. The molecule has 0 bridgehead atoms. The number of piperidine rings is 1. The van der Waals surface area contributed by atoms with Gasteiger partial charge in [-0.1, -0.05) is 27.2 Å². The molecule has 1 rings (SSSR count). The first-order valence-electron chi connectivity index (χ1n) is 6.70. The lowest BCUT2D eigenvalue weighted by Gasteiger charge is -2.41. The lowest BCUT2D eigenvalue weighted by Crippen LogP contribution is -2.54. The van der Waals surface area contributed by atoms with Gasteiger partial charge in [0, 0.05) is 18.6 Å². The summed E-state index contributed by atoms with van der Waals surface area (Å²) in [5.74, 6) is 1.52. The van der Waals surface area contributed by atoms with E-state index in [1.165, 1.54) is 6.42 Å². The van der Waals surface area contributed by atoms with Crippen LogP contribution in [0, 0.1) is 11.8 Å². The zero-order valence-corrected chi connectivity index (χ0v) is 11.0. The number of hydrogen-bond donors (Lipinski definition) is 2. The summed E-state index contributed by atoms with van der Waals surface area (Å²) in [7, 11) is 0. The minimum atomic E-state index is 0.121. The highest BCUT2D eigenvalue weighted by Gasteiger charge is 2.30. The van der Waals surface area contributed by atoms with Crippen LogP contribution in [0.15, 0.2) is 0 Å². The van der Waals surface area contributed by atoms with Gasteiger partial charge in [-0.2, -0.15) is 0 Å². The number of nitrogens with two attached hydrogens (primary N) is 1. The molecular formula is C13H28N2O. The monoisotopic (exact) mass is 228 g/mol. The average Bonchev–Trinajstić information content (AvgIpc) is 2.25. The van der Waals surface area contributed by atoms with E-state index in [1.807, 2.05) is 0 Å². The quantitative estimate of drug-likeness (QED) is 0.749. The Hall–Kier alpha value is -0.120. The summed E-state index contributed by atoms with van der Waals surface area (Å²) < 4.78 is 0. The van der Waals surface area contributed by atoms with Crippen LogP contribution in [-0.4, -0.2) is 41.8 Å². The number of aliphatic hydroxyl groups excluding tert-OH is 1. The highest BCUT2D eigenvalue weighted by Crippen LogP contribution is 2.24. The molecule has 4 unspecified atom stereocenters. The predicted molar refractivity (Wildman–Crippen MR) is 68.3 cm³/mol. The first kappa shape index (κ1) is 13.9. The Kier molecular flexibility index (Phi) is 5.73. The maximum atomic E-state index is 9.51. The van der Waals surface area contributed by atoms with E-state index in [-0.39, 0.29) is 18.7 Å². The van der Waals surface area contributed by atoms with Crippen molar-refractivity contribution in [2.45, 2.75) is 52.1 Å². The molecule has 0 radical (unpaired) electrons. The van der Waals surface area contributed by atoms with Crippen molar-refractivity contribution in [2.75, 3.05) is 19.7 Å². The maximum absolute atomic E-state index is 9.51. The summed E-state index contributed by atoms with van der Waals surface area (Å²) in [6.07, 6.45) is 3.33. The summed E-state index contributed by atoms with van der Waals surface area (Å²) in [6.45, 7) is 9.15. The highest BCUT2D eigenvalue weighted by atomic mass is 16.3. The van der Waals surface area contributed by atoms with E-state index in [9.17, 15) is 5.11 Å². The van der Waals surface area contributed by atoms with E-state index in [2.05, 4.69) is 25.7 Å². The minimum Gasteiger partial charge on any atom is -0.395 e. The summed E-state index contributed by atoms with van der Waals surface area (Å²) in [6, 6.07) is 0.283. The van der Waals surface area contributed by atoms with Crippen molar-refractivity contribution < 1.29 is 5.11 Å². The van der Waals surface area contributed by atoms with Crippen LogP contribution >= 0.6 is 0 Å². The second-order valence-corrected chi connectivity index (χ2v) is 5.44. The third-order valence-electron chi connectivity index (χ3n) is 4.14. The second kappa shape index (κ2) is 6.58. The van der Waals surface area contributed by atoms with Gasteiger partial charge in [-0.3, -0.25) is 4.90 Å². The van der Waals surface area contributed by atoms with Gasteiger partial charge in [0.1, 0.15) is 0 Å². The molecule has 0 aliphatic carbocycles. The van der Waals surface area contributed by atoms with Crippen molar-refractivity contribution >= 4 is 0 Å². The second-order valence-electron chi connectivity index (χ2n) is 5.44. The van der Waals surface area contributed by atoms with Gasteiger partial charge in [0.25, 0.3) is 0 Å². The van der Waals surface area contributed by atoms with Crippen LogP contribution in [0.4, 0.5) is 0 Å². The fourth-order valence-electron chi connectivity index (χ4n) is 2.64. The standard InChI is InChI=1S/C13H28N2O/c1-4-5-12(14)13(9-16)15-7-6-10(2)11(3)8-15/h10-13,16H,4-9,14H2,1-3H3. The number of nitrogens with zero attached hydrogens (tertiary/aromatic N) is 1. The van der Waals surface area contributed by atoms with Crippen LogP contribution in [0.25, 0.3) is 0 Å². The Labute approximate surface area is 100 Å². The van der Waals surface area contributed by atoms with Gasteiger partial charge in [-0.05, 0) is 31.2 Å². The third-order valence-corrected chi connectivity index (χ3v) is 4.14.